The van der Waals surface area contributed by atoms with E-state index in [2.05, 4.69) is 0 Å². The lowest BCUT2D eigenvalue weighted by Gasteiger charge is -2.14. The van der Waals surface area contributed by atoms with E-state index in [1.807, 2.05) is 37.3 Å². The first-order chi connectivity index (χ1) is 7.68. The predicted molar refractivity (Wildman–Crippen MR) is 63.7 cm³/mol. The standard InChI is InChI=1S/C14H14O2/c1-10(11-5-3-2-4-6-11)13-8-7-12(15)9-14(13)16/h2-10,15-16H,1H3/t10-/m1/s1. The molecule has 0 aliphatic rings. The van der Waals surface area contributed by atoms with Gasteiger partial charge in [0.05, 0.1) is 0 Å². The van der Waals surface area contributed by atoms with Gasteiger partial charge in [0.1, 0.15) is 11.5 Å². The Balaban J connectivity index is 2.38. The summed E-state index contributed by atoms with van der Waals surface area (Å²) in [7, 11) is 0. The molecule has 0 saturated carbocycles. The molecular formula is C14H14O2. The zero-order valence-corrected chi connectivity index (χ0v) is 9.09. The molecule has 0 amide bonds. The molecule has 16 heavy (non-hydrogen) atoms. The van der Waals surface area contributed by atoms with E-state index in [1.165, 1.54) is 6.07 Å². The average molecular weight is 214 g/mol. The van der Waals surface area contributed by atoms with E-state index >= 15 is 0 Å². The molecule has 2 N–H and O–H groups in total. The third kappa shape index (κ3) is 2.01. The van der Waals surface area contributed by atoms with Gasteiger partial charge in [-0.05, 0) is 11.6 Å². The largest absolute Gasteiger partial charge is 0.508 e. The van der Waals surface area contributed by atoms with Crippen LogP contribution in [-0.4, -0.2) is 10.2 Å². The Kier molecular flexibility index (Phi) is 2.82. The van der Waals surface area contributed by atoms with E-state index in [1.54, 1.807) is 12.1 Å². The quantitative estimate of drug-likeness (QED) is 0.805. The lowest BCUT2D eigenvalue weighted by atomic mass is 9.92. The molecule has 0 heterocycles. The highest BCUT2D eigenvalue weighted by Gasteiger charge is 2.12. The highest BCUT2D eigenvalue weighted by molar-refractivity contribution is 5.44. The Morgan fingerprint density at radius 1 is 0.938 bits per heavy atom. The van der Waals surface area contributed by atoms with Crippen molar-refractivity contribution >= 4 is 0 Å². The zero-order valence-electron chi connectivity index (χ0n) is 9.09. The second kappa shape index (κ2) is 4.27. The van der Waals surface area contributed by atoms with Crippen LogP contribution < -0.4 is 0 Å². The van der Waals surface area contributed by atoms with Crippen LogP contribution in [0.4, 0.5) is 0 Å². The van der Waals surface area contributed by atoms with Crippen molar-refractivity contribution in [1.82, 2.24) is 0 Å². The molecule has 0 aliphatic carbocycles. The second-order valence-electron chi connectivity index (χ2n) is 3.88. The molecule has 0 radical (unpaired) electrons. The second-order valence-corrected chi connectivity index (χ2v) is 3.88. The maximum Gasteiger partial charge on any atom is 0.123 e. The molecule has 2 heteroatoms. The summed E-state index contributed by atoms with van der Waals surface area (Å²) in [6.45, 7) is 2.03. The van der Waals surface area contributed by atoms with Gasteiger partial charge in [-0.15, -0.1) is 0 Å². The topological polar surface area (TPSA) is 40.5 Å². The molecule has 0 bridgehead atoms. The minimum absolute atomic E-state index is 0.0847. The maximum atomic E-state index is 9.76. The third-order valence-corrected chi connectivity index (χ3v) is 2.78. The molecule has 0 spiro atoms. The number of phenols is 2. The van der Waals surface area contributed by atoms with Gasteiger partial charge in [-0.3, -0.25) is 0 Å². The van der Waals surface area contributed by atoms with Gasteiger partial charge >= 0.3 is 0 Å². The summed E-state index contributed by atoms with van der Waals surface area (Å²) < 4.78 is 0. The number of phenolic OH excluding ortho intramolecular Hbond substituents is 2. The summed E-state index contributed by atoms with van der Waals surface area (Å²) in [5.74, 6) is 0.333. The van der Waals surface area contributed by atoms with Crippen molar-refractivity contribution in [3.8, 4) is 11.5 Å². The SMILES string of the molecule is C[C@H](c1ccccc1)c1ccc(O)cc1O. The number of hydrogen-bond donors (Lipinski definition) is 2. The number of rotatable bonds is 2. The van der Waals surface area contributed by atoms with Crippen LogP contribution in [0.5, 0.6) is 11.5 Å². The van der Waals surface area contributed by atoms with Crippen molar-refractivity contribution in [3.05, 3.63) is 59.7 Å². The van der Waals surface area contributed by atoms with Crippen molar-refractivity contribution < 1.29 is 10.2 Å². The highest BCUT2D eigenvalue weighted by atomic mass is 16.3. The molecule has 0 unspecified atom stereocenters. The Bertz CT molecular complexity index is 477. The predicted octanol–water partition coefficient (Wildman–Crippen LogP) is 3.25. The smallest absolute Gasteiger partial charge is 0.123 e. The van der Waals surface area contributed by atoms with E-state index < -0.39 is 0 Å². The Morgan fingerprint density at radius 3 is 2.25 bits per heavy atom. The summed E-state index contributed by atoms with van der Waals surface area (Å²) in [6.07, 6.45) is 0. The van der Waals surface area contributed by atoms with E-state index in [-0.39, 0.29) is 17.4 Å². The molecule has 0 aliphatic heterocycles. The Morgan fingerprint density at radius 2 is 1.62 bits per heavy atom. The summed E-state index contributed by atoms with van der Waals surface area (Å²) in [6, 6.07) is 14.7. The summed E-state index contributed by atoms with van der Waals surface area (Å²) in [5.41, 5.74) is 1.97. The van der Waals surface area contributed by atoms with Crippen molar-refractivity contribution in [2.45, 2.75) is 12.8 Å². The fraction of sp³-hybridized carbons (Fsp3) is 0.143. The minimum Gasteiger partial charge on any atom is -0.508 e. The van der Waals surface area contributed by atoms with Crippen LogP contribution in [0.2, 0.25) is 0 Å². The maximum absolute atomic E-state index is 9.76. The monoisotopic (exact) mass is 214 g/mol. The van der Waals surface area contributed by atoms with Gasteiger partial charge in [0, 0.05) is 17.5 Å². The van der Waals surface area contributed by atoms with Crippen molar-refractivity contribution in [2.75, 3.05) is 0 Å². The zero-order chi connectivity index (χ0) is 11.5. The van der Waals surface area contributed by atoms with Crippen LogP contribution in [-0.2, 0) is 0 Å². The molecule has 0 aromatic heterocycles. The third-order valence-electron chi connectivity index (χ3n) is 2.78. The van der Waals surface area contributed by atoms with Gasteiger partial charge in [-0.2, -0.15) is 0 Å². The van der Waals surface area contributed by atoms with Crippen LogP contribution in [0, 0.1) is 0 Å². The highest BCUT2D eigenvalue weighted by Crippen LogP contribution is 2.32. The van der Waals surface area contributed by atoms with Crippen LogP contribution in [0.15, 0.2) is 48.5 Å². The molecule has 2 aromatic carbocycles. The van der Waals surface area contributed by atoms with Gasteiger partial charge in [0.25, 0.3) is 0 Å². The van der Waals surface area contributed by atoms with Crippen LogP contribution in [0.25, 0.3) is 0 Å². The van der Waals surface area contributed by atoms with Crippen molar-refractivity contribution in [1.29, 1.82) is 0 Å². The molecule has 2 aromatic rings. The van der Waals surface area contributed by atoms with Gasteiger partial charge in [0.15, 0.2) is 0 Å². The first kappa shape index (κ1) is 10.6. The molecule has 1 atom stereocenters. The van der Waals surface area contributed by atoms with Crippen LogP contribution >= 0.6 is 0 Å². The van der Waals surface area contributed by atoms with Gasteiger partial charge in [-0.25, -0.2) is 0 Å². The molecule has 0 saturated heterocycles. The van der Waals surface area contributed by atoms with E-state index in [9.17, 15) is 10.2 Å². The molecule has 82 valence electrons. The van der Waals surface area contributed by atoms with Gasteiger partial charge < -0.3 is 10.2 Å². The molecule has 2 nitrogen and oxygen atoms in total. The molecular weight excluding hydrogens is 200 g/mol. The summed E-state index contributed by atoms with van der Waals surface area (Å²) >= 11 is 0. The number of aromatic hydroxyl groups is 2. The van der Waals surface area contributed by atoms with Crippen molar-refractivity contribution in [3.63, 3.8) is 0 Å². The Hall–Kier alpha value is -1.96. The van der Waals surface area contributed by atoms with Crippen molar-refractivity contribution in [2.24, 2.45) is 0 Å². The van der Waals surface area contributed by atoms with E-state index in [0.29, 0.717) is 0 Å². The normalized spacial score (nSPS) is 12.3. The van der Waals surface area contributed by atoms with Crippen LogP contribution in [0.3, 0.4) is 0 Å². The van der Waals surface area contributed by atoms with Crippen LogP contribution in [0.1, 0.15) is 24.0 Å². The van der Waals surface area contributed by atoms with Gasteiger partial charge in [-0.1, -0.05) is 43.3 Å². The lowest BCUT2D eigenvalue weighted by molar-refractivity contribution is 0.444. The summed E-state index contributed by atoms with van der Waals surface area (Å²) in [4.78, 5) is 0. The Labute approximate surface area is 94.8 Å². The first-order valence-corrected chi connectivity index (χ1v) is 5.25. The number of benzene rings is 2. The molecule has 2 rings (SSSR count). The lowest BCUT2D eigenvalue weighted by Crippen LogP contribution is -1.95. The fourth-order valence-corrected chi connectivity index (χ4v) is 1.82. The molecule has 0 fully saturated rings. The fourth-order valence-electron chi connectivity index (χ4n) is 1.82. The average Bonchev–Trinajstić information content (AvgIpc) is 2.29. The minimum atomic E-state index is 0.0847. The summed E-state index contributed by atoms with van der Waals surface area (Å²) in [5, 5.41) is 19.0. The first-order valence-electron chi connectivity index (χ1n) is 5.25. The van der Waals surface area contributed by atoms with Gasteiger partial charge in [0.2, 0.25) is 0 Å². The van der Waals surface area contributed by atoms with E-state index in [4.69, 9.17) is 0 Å². The number of hydrogen-bond acceptors (Lipinski definition) is 2. The van der Waals surface area contributed by atoms with E-state index in [0.717, 1.165) is 11.1 Å².